The molecule has 0 unspecified atom stereocenters. The maximum atomic E-state index is 12.6. The molecule has 1 N–H and O–H groups in total. The van der Waals surface area contributed by atoms with Gasteiger partial charge >= 0.3 is 0 Å². The van der Waals surface area contributed by atoms with Gasteiger partial charge in [-0.1, -0.05) is 36.9 Å². The summed E-state index contributed by atoms with van der Waals surface area (Å²) in [5, 5.41) is 25.3. The van der Waals surface area contributed by atoms with Crippen LogP contribution in [0.5, 0.6) is 0 Å². The number of nitrogens with one attached hydrogen (secondary N) is 1. The molecule has 2 aromatic carbocycles. The van der Waals surface area contributed by atoms with E-state index in [2.05, 4.69) is 20.8 Å². The molecule has 3 rings (SSSR count). The Kier molecular flexibility index (Phi) is 5.77. The number of hydrogen-bond donors (Lipinski definition) is 1. The fraction of sp³-hybridized carbons (Fsp3) is 0.176. The molecule has 27 heavy (non-hydrogen) atoms. The van der Waals surface area contributed by atoms with E-state index in [1.807, 2.05) is 37.3 Å². The Hall–Kier alpha value is -3.27. The number of thioether (sulfide) groups is 1. The van der Waals surface area contributed by atoms with Crippen LogP contribution in [-0.2, 0) is 4.79 Å². The van der Waals surface area contributed by atoms with E-state index in [9.17, 15) is 14.9 Å². The van der Waals surface area contributed by atoms with Crippen molar-refractivity contribution in [3.63, 3.8) is 0 Å². The topological polar surface area (TPSA) is 116 Å². The van der Waals surface area contributed by atoms with Crippen molar-refractivity contribution in [3.8, 4) is 5.69 Å². The molecule has 0 aliphatic rings. The van der Waals surface area contributed by atoms with Crippen molar-refractivity contribution < 1.29 is 9.72 Å². The summed E-state index contributed by atoms with van der Waals surface area (Å²) in [5.41, 5.74) is 1.26. The first kappa shape index (κ1) is 18.5. The van der Waals surface area contributed by atoms with Crippen LogP contribution in [0, 0.1) is 10.1 Å². The number of anilines is 1. The number of carbonyl (C=O) groups excluding carboxylic acids is 1. The molecule has 1 amide bonds. The highest BCUT2D eigenvalue weighted by atomic mass is 32.2. The first-order valence-electron chi connectivity index (χ1n) is 8.14. The van der Waals surface area contributed by atoms with E-state index < -0.39 is 10.2 Å². The molecule has 1 aromatic heterocycles. The highest BCUT2D eigenvalue weighted by Gasteiger charge is 2.22. The number of nitrogens with zero attached hydrogens (tertiary/aromatic N) is 5. The SMILES string of the molecule is CC[C@@H](Sc1nnnn1-c1ccccc1)C(=O)Nc1ccc([N+](=O)[O-])cc1. The van der Waals surface area contributed by atoms with Crippen LogP contribution in [0.3, 0.4) is 0 Å². The van der Waals surface area contributed by atoms with Gasteiger partial charge < -0.3 is 5.32 Å². The molecule has 9 nitrogen and oxygen atoms in total. The third kappa shape index (κ3) is 4.47. The Balaban J connectivity index is 1.71. The average Bonchev–Trinajstić information content (AvgIpc) is 3.15. The van der Waals surface area contributed by atoms with E-state index >= 15 is 0 Å². The largest absolute Gasteiger partial charge is 0.325 e. The zero-order valence-electron chi connectivity index (χ0n) is 14.3. The number of nitro groups is 1. The van der Waals surface area contributed by atoms with Gasteiger partial charge in [0.1, 0.15) is 0 Å². The summed E-state index contributed by atoms with van der Waals surface area (Å²) >= 11 is 1.26. The van der Waals surface area contributed by atoms with Gasteiger partial charge in [-0.3, -0.25) is 14.9 Å². The number of aromatic nitrogens is 4. The lowest BCUT2D eigenvalue weighted by molar-refractivity contribution is -0.384. The van der Waals surface area contributed by atoms with Crippen molar-refractivity contribution in [3.05, 3.63) is 64.7 Å². The van der Waals surface area contributed by atoms with Gasteiger partial charge in [-0.05, 0) is 41.1 Å². The number of para-hydroxylation sites is 1. The summed E-state index contributed by atoms with van der Waals surface area (Å²) in [6.45, 7) is 1.89. The van der Waals surface area contributed by atoms with E-state index in [0.717, 1.165) is 5.69 Å². The van der Waals surface area contributed by atoms with Gasteiger partial charge in [0.2, 0.25) is 11.1 Å². The van der Waals surface area contributed by atoms with Crippen LogP contribution in [-0.4, -0.2) is 36.3 Å². The van der Waals surface area contributed by atoms with E-state index in [-0.39, 0.29) is 11.6 Å². The number of carbonyl (C=O) groups is 1. The first-order valence-corrected chi connectivity index (χ1v) is 9.02. The number of amides is 1. The summed E-state index contributed by atoms with van der Waals surface area (Å²) in [6, 6.07) is 15.1. The molecular weight excluding hydrogens is 368 g/mol. The van der Waals surface area contributed by atoms with Gasteiger partial charge in [-0.25, -0.2) is 0 Å². The normalized spacial score (nSPS) is 11.7. The van der Waals surface area contributed by atoms with Crippen LogP contribution >= 0.6 is 11.8 Å². The van der Waals surface area contributed by atoms with Crippen molar-refractivity contribution in [2.24, 2.45) is 0 Å². The third-order valence-electron chi connectivity index (χ3n) is 3.70. The van der Waals surface area contributed by atoms with Crippen molar-refractivity contribution in [1.29, 1.82) is 0 Å². The minimum Gasteiger partial charge on any atom is -0.325 e. The number of benzene rings is 2. The molecule has 0 spiro atoms. The van der Waals surface area contributed by atoms with Crippen LogP contribution in [0.15, 0.2) is 59.8 Å². The number of hydrogen-bond acceptors (Lipinski definition) is 7. The Morgan fingerprint density at radius 2 is 1.93 bits per heavy atom. The Morgan fingerprint density at radius 1 is 1.22 bits per heavy atom. The van der Waals surface area contributed by atoms with Gasteiger partial charge in [0.25, 0.3) is 5.69 Å². The monoisotopic (exact) mass is 384 g/mol. The summed E-state index contributed by atoms with van der Waals surface area (Å²) < 4.78 is 1.58. The molecule has 0 saturated carbocycles. The molecule has 0 aliphatic carbocycles. The maximum Gasteiger partial charge on any atom is 0.269 e. The fourth-order valence-corrected chi connectivity index (χ4v) is 3.23. The molecule has 1 heterocycles. The van der Waals surface area contributed by atoms with E-state index in [0.29, 0.717) is 17.3 Å². The molecule has 138 valence electrons. The molecule has 0 radical (unpaired) electrons. The molecular formula is C17H16N6O3S. The van der Waals surface area contributed by atoms with Gasteiger partial charge in [-0.15, -0.1) is 5.10 Å². The number of nitro benzene ring substituents is 1. The molecule has 3 aromatic rings. The quantitative estimate of drug-likeness (QED) is 0.378. The maximum absolute atomic E-state index is 12.6. The predicted octanol–water partition coefficient (Wildman–Crippen LogP) is 3.08. The Labute approximate surface area is 158 Å². The van der Waals surface area contributed by atoms with Crippen molar-refractivity contribution in [2.75, 3.05) is 5.32 Å². The van der Waals surface area contributed by atoms with Crippen molar-refractivity contribution in [1.82, 2.24) is 20.2 Å². The number of tetrazole rings is 1. The van der Waals surface area contributed by atoms with Crippen LogP contribution in [0.25, 0.3) is 5.69 Å². The van der Waals surface area contributed by atoms with E-state index in [1.54, 1.807) is 4.68 Å². The molecule has 0 bridgehead atoms. The Bertz CT molecular complexity index is 929. The number of non-ortho nitro benzene ring substituents is 1. The Morgan fingerprint density at radius 3 is 2.56 bits per heavy atom. The lowest BCUT2D eigenvalue weighted by Gasteiger charge is -2.14. The van der Waals surface area contributed by atoms with Crippen molar-refractivity contribution >= 4 is 29.0 Å². The zero-order valence-corrected chi connectivity index (χ0v) is 15.2. The van der Waals surface area contributed by atoms with Crippen molar-refractivity contribution in [2.45, 2.75) is 23.8 Å². The van der Waals surface area contributed by atoms with Gasteiger partial charge in [0, 0.05) is 17.8 Å². The smallest absolute Gasteiger partial charge is 0.269 e. The van der Waals surface area contributed by atoms with Gasteiger partial charge in [0.05, 0.1) is 15.9 Å². The van der Waals surface area contributed by atoms with E-state index in [4.69, 9.17) is 0 Å². The summed E-state index contributed by atoms with van der Waals surface area (Å²) in [6.07, 6.45) is 0.561. The highest BCUT2D eigenvalue weighted by molar-refractivity contribution is 8.00. The predicted molar refractivity (Wildman–Crippen MR) is 101 cm³/mol. The standard InChI is InChI=1S/C17H16N6O3S/c1-2-15(16(24)18-12-8-10-14(11-9-12)23(25)26)27-17-19-20-21-22(17)13-6-4-3-5-7-13/h3-11,15H,2H2,1H3,(H,18,24)/t15-/m1/s1. The number of rotatable bonds is 7. The van der Waals surface area contributed by atoms with Gasteiger partial charge in [0.15, 0.2) is 0 Å². The fourth-order valence-electron chi connectivity index (χ4n) is 2.32. The summed E-state index contributed by atoms with van der Waals surface area (Å²) in [5.74, 6) is -0.223. The molecule has 1 atom stereocenters. The van der Waals surface area contributed by atoms with E-state index in [1.165, 1.54) is 36.0 Å². The zero-order chi connectivity index (χ0) is 19.2. The van der Waals surface area contributed by atoms with Crippen LogP contribution in [0.2, 0.25) is 0 Å². The second-order valence-corrected chi connectivity index (χ2v) is 6.69. The second kappa shape index (κ2) is 8.41. The minimum absolute atomic E-state index is 0.0311. The second-order valence-electron chi connectivity index (χ2n) is 5.52. The molecule has 0 saturated heterocycles. The van der Waals surface area contributed by atoms with Gasteiger partial charge in [-0.2, -0.15) is 4.68 Å². The summed E-state index contributed by atoms with van der Waals surface area (Å²) in [7, 11) is 0. The van der Waals surface area contributed by atoms with Crippen LogP contribution in [0.4, 0.5) is 11.4 Å². The summed E-state index contributed by atoms with van der Waals surface area (Å²) in [4.78, 5) is 22.8. The highest BCUT2D eigenvalue weighted by Crippen LogP contribution is 2.26. The minimum atomic E-state index is -0.486. The first-order chi connectivity index (χ1) is 13.1. The van der Waals surface area contributed by atoms with Crippen LogP contribution < -0.4 is 5.32 Å². The van der Waals surface area contributed by atoms with Crippen LogP contribution in [0.1, 0.15) is 13.3 Å². The lowest BCUT2D eigenvalue weighted by Crippen LogP contribution is -2.25. The average molecular weight is 384 g/mol. The lowest BCUT2D eigenvalue weighted by atomic mass is 10.2. The molecule has 0 aliphatic heterocycles. The third-order valence-corrected chi connectivity index (χ3v) is 5.00. The molecule has 10 heteroatoms. The molecule has 0 fully saturated rings.